The summed E-state index contributed by atoms with van der Waals surface area (Å²) < 4.78 is 38.1. The standard InChI is InChI=1S/C61H50O8/c62-29-31-66-54-25-17-40-9-1-5-13-50(40)58(54)60-52-15-7-3-11-42(52)19-27-56(60)68-35-33-64-46-21-23-48-44(38-46)37-45-39-47(22-24-49(45)48)65-34-36-69-57-28-20-43-12-4-8-16-53(43)61(57)59-51-14-6-2-10-41(51)18-26-55(59)67-32-30-63/h1-28,38-39,62-63H,29-37H2. The Morgan fingerprint density at radius 2 is 0.609 bits per heavy atom. The summed E-state index contributed by atoms with van der Waals surface area (Å²) >= 11 is 0. The van der Waals surface area contributed by atoms with Crippen LogP contribution >= 0.6 is 0 Å². The van der Waals surface area contributed by atoms with E-state index >= 15 is 0 Å². The van der Waals surface area contributed by atoms with E-state index in [1.807, 2.05) is 84.9 Å². The molecule has 1 aliphatic rings. The van der Waals surface area contributed by atoms with Gasteiger partial charge in [0, 0.05) is 22.3 Å². The second-order valence-corrected chi connectivity index (χ2v) is 17.0. The topological polar surface area (TPSA) is 95.8 Å². The number of rotatable bonds is 18. The minimum Gasteiger partial charge on any atom is -0.491 e. The van der Waals surface area contributed by atoms with Gasteiger partial charge in [-0.1, -0.05) is 133 Å². The normalized spacial score (nSPS) is 11.7. The second-order valence-electron chi connectivity index (χ2n) is 17.0. The lowest BCUT2D eigenvalue weighted by atomic mass is 9.92. The Morgan fingerprint density at radius 3 is 0.942 bits per heavy atom. The third-order valence-corrected chi connectivity index (χ3v) is 12.8. The molecule has 0 aromatic heterocycles. The first kappa shape index (κ1) is 43.5. The van der Waals surface area contributed by atoms with Gasteiger partial charge in [-0.2, -0.15) is 0 Å². The van der Waals surface area contributed by atoms with Crippen molar-refractivity contribution in [2.45, 2.75) is 6.42 Å². The SMILES string of the molecule is OCCOc1ccc2ccccc2c1-c1c(OCCOc2ccc3c(c2)Cc2cc(OCCOc4ccc5ccccc5c4-c4c(OCCO)ccc5ccccc45)ccc2-3)ccc2ccccc12. The van der Waals surface area contributed by atoms with Crippen molar-refractivity contribution in [1.29, 1.82) is 0 Å². The van der Waals surface area contributed by atoms with E-state index in [9.17, 15) is 10.2 Å². The Labute approximate surface area is 400 Å². The highest BCUT2D eigenvalue weighted by molar-refractivity contribution is 6.11. The molecule has 0 fully saturated rings. The zero-order valence-corrected chi connectivity index (χ0v) is 38.0. The van der Waals surface area contributed by atoms with Gasteiger partial charge in [0.1, 0.15) is 74.1 Å². The predicted octanol–water partition coefficient (Wildman–Crippen LogP) is 12.9. The molecule has 0 bridgehead atoms. The van der Waals surface area contributed by atoms with Gasteiger partial charge in [-0.3, -0.25) is 0 Å². The van der Waals surface area contributed by atoms with Crippen molar-refractivity contribution in [1.82, 2.24) is 0 Å². The summed E-state index contributed by atoms with van der Waals surface area (Å²) in [6.07, 6.45) is 0.768. The highest BCUT2D eigenvalue weighted by Crippen LogP contribution is 2.47. The van der Waals surface area contributed by atoms with E-state index in [1.54, 1.807) is 0 Å². The van der Waals surface area contributed by atoms with Crippen LogP contribution < -0.4 is 28.4 Å². The molecule has 342 valence electrons. The van der Waals surface area contributed by atoms with Crippen molar-refractivity contribution in [2.24, 2.45) is 0 Å². The molecule has 0 amide bonds. The fraction of sp³-hybridized carbons (Fsp3) is 0.148. The summed E-state index contributed by atoms with van der Waals surface area (Å²) in [6, 6.07) is 62.0. The van der Waals surface area contributed by atoms with E-state index in [4.69, 9.17) is 28.4 Å². The maximum atomic E-state index is 9.66. The van der Waals surface area contributed by atoms with Crippen LogP contribution in [0.5, 0.6) is 34.5 Å². The summed E-state index contributed by atoms with van der Waals surface area (Å²) in [7, 11) is 0. The summed E-state index contributed by atoms with van der Waals surface area (Å²) in [6.45, 7) is 1.56. The molecule has 0 radical (unpaired) electrons. The molecule has 8 heteroatoms. The van der Waals surface area contributed by atoms with E-state index < -0.39 is 0 Å². The van der Waals surface area contributed by atoms with Crippen LogP contribution in [0.4, 0.5) is 0 Å². The van der Waals surface area contributed by atoms with Crippen LogP contribution in [0.25, 0.3) is 76.5 Å². The first-order valence-corrected chi connectivity index (χ1v) is 23.5. The van der Waals surface area contributed by atoms with Crippen molar-refractivity contribution >= 4 is 43.1 Å². The molecule has 0 spiro atoms. The number of hydrogen-bond donors (Lipinski definition) is 2. The van der Waals surface area contributed by atoms with Crippen molar-refractivity contribution < 1.29 is 38.6 Å². The summed E-state index contributed by atoms with van der Waals surface area (Å²) in [5, 5.41) is 27.9. The molecular weight excluding hydrogens is 861 g/mol. The summed E-state index contributed by atoms with van der Waals surface area (Å²) in [4.78, 5) is 0. The van der Waals surface area contributed by atoms with E-state index in [0.717, 1.165) is 94.8 Å². The van der Waals surface area contributed by atoms with Crippen LogP contribution in [-0.4, -0.2) is 63.1 Å². The fourth-order valence-corrected chi connectivity index (χ4v) is 9.80. The molecule has 11 rings (SSSR count). The van der Waals surface area contributed by atoms with Gasteiger partial charge < -0.3 is 38.6 Å². The maximum Gasteiger partial charge on any atom is 0.128 e. The lowest BCUT2D eigenvalue weighted by molar-refractivity contribution is 0.202. The summed E-state index contributed by atoms with van der Waals surface area (Å²) in [5.41, 5.74) is 8.54. The Kier molecular flexibility index (Phi) is 12.4. The number of hydrogen-bond acceptors (Lipinski definition) is 8. The first-order chi connectivity index (χ1) is 34.1. The van der Waals surface area contributed by atoms with Gasteiger partial charge in [-0.05, 0) is 120 Å². The Balaban J connectivity index is 0.759. The lowest BCUT2D eigenvalue weighted by Crippen LogP contribution is -2.10. The minimum absolute atomic E-state index is 0.0850. The first-order valence-electron chi connectivity index (χ1n) is 23.5. The Hall–Kier alpha value is -8.04. The molecule has 10 aromatic carbocycles. The molecule has 1 aliphatic carbocycles. The van der Waals surface area contributed by atoms with Crippen LogP contribution in [0.1, 0.15) is 11.1 Å². The molecule has 0 saturated carbocycles. The molecule has 2 N–H and O–H groups in total. The molecule has 69 heavy (non-hydrogen) atoms. The zero-order valence-electron chi connectivity index (χ0n) is 38.0. The van der Waals surface area contributed by atoms with Gasteiger partial charge >= 0.3 is 0 Å². The number of aliphatic hydroxyl groups excluding tert-OH is 2. The molecule has 0 aliphatic heterocycles. The maximum absolute atomic E-state index is 9.66. The van der Waals surface area contributed by atoms with Crippen molar-refractivity contribution in [2.75, 3.05) is 52.9 Å². The van der Waals surface area contributed by atoms with Crippen LogP contribution in [0.2, 0.25) is 0 Å². The number of benzene rings is 10. The molecule has 0 atom stereocenters. The van der Waals surface area contributed by atoms with E-state index in [0.29, 0.717) is 37.9 Å². The van der Waals surface area contributed by atoms with Crippen molar-refractivity contribution in [3.8, 4) is 67.9 Å². The van der Waals surface area contributed by atoms with Crippen LogP contribution in [0.15, 0.2) is 182 Å². The molecule has 8 nitrogen and oxygen atoms in total. The van der Waals surface area contributed by atoms with Gasteiger partial charge in [0.05, 0.1) is 13.2 Å². The molecular formula is C61H50O8. The monoisotopic (exact) mass is 910 g/mol. The minimum atomic E-state index is -0.0850. The highest BCUT2D eigenvalue weighted by atomic mass is 16.5. The zero-order chi connectivity index (χ0) is 46.5. The smallest absolute Gasteiger partial charge is 0.128 e. The third kappa shape index (κ3) is 8.72. The molecule has 0 heterocycles. The molecule has 0 unspecified atom stereocenters. The Bertz CT molecular complexity index is 3260. The average molecular weight is 911 g/mol. The largest absolute Gasteiger partial charge is 0.491 e. The van der Waals surface area contributed by atoms with Crippen LogP contribution in [0.3, 0.4) is 0 Å². The second kappa shape index (κ2) is 19.7. The fourth-order valence-electron chi connectivity index (χ4n) is 9.80. The van der Waals surface area contributed by atoms with Gasteiger partial charge in [0.15, 0.2) is 0 Å². The van der Waals surface area contributed by atoms with E-state index in [-0.39, 0.29) is 26.4 Å². The average Bonchev–Trinajstić information content (AvgIpc) is 3.76. The van der Waals surface area contributed by atoms with Crippen LogP contribution in [-0.2, 0) is 6.42 Å². The summed E-state index contributed by atoms with van der Waals surface area (Å²) in [5.74, 6) is 4.42. The predicted molar refractivity (Wildman–Crippen MR) is 276 cm³/mol. The van der Waals surface area contributed by atoms with Gasteiger partial charge in [0.2, 0.25) is 0 Å². The number of ether oxygens (including phenoxy) is 6. The van der Waals surface area contributed by atoms with Crippen molar-refractivity contribution in [3.05, 3.63) is 193 Å². The number of fused-ring (bicyclic) bond motifs is 7. The molecule has 10 aromatic rings. The highest BCUT2D eigenvalue weighted by Gasteiger charge is 2.23. The van der Waals surface area contributed by atoms with E-state index in [2.05, 4.69) is 97.1 Å². The third-order valence-electron chi connectivity index (χ3n) is 12.8. The lowest BCUT2D eigenvalue weighted by Gasteiger charge is -2.19. The van der Waals surface area contributed by atoms with Gasteiger partial charge in [-0.15, -0.1) is 0 Å². The van der Waals surface area contributed by atoms with Gasteiger partial charge in [0.25, 0.3) is 0 Å². The van der Waals surface area contributed by atoms with Crippen molar-refractivity contribution in [3.63, 3.8) is 0 Å². The van der Waals surface area contributed by atoms with Gasteiger partial charge in [-0.25, -0.2) is 0 Å². The van der Waals surface area contributed by atoms with E-state index in [1.165, 1.54) is 22.3 Å². The Morgan fingerprint density at radius 1 is 0.304 bits per heavy atom. The molecule has 0 saturated heterocycles. The number of aliphatic hydroxyl groups is 2. The van der Waals surface area contributed by atoms with Crippen LogP contribution in [0, 0.1) is 0 Å². The quantitative estimate of drug-likeness (QED) is 0.0822.